The van der Waals surface area contributed by atoms with Gasteiger partial charge in [-0.1, -0.05) is 17.7 Å². The summed E-state index contributed by atoms with van der Waals surface area (Å²) in [6, 6.07) is 8.05. The highest BCUT2D eigenvalue weighted by molar-refractivity contribution is 6.31. The van der Waals surface area contributed by atoms with Gasteiger partial charge in [0, 0.05) is 36.8 Å². The predicted molar refractivity (Wildman–Crippen MR) is 91.7 cm³/mol. The number of aromatic nitrogens is 4. The number of nitrogens with zero attached hydrogens (tertiary/aromatic N) is 4. The van der Waals surface area contributed by atoms with Crippen LogP contribution in [0.25, 0.3) is 10.9 Å². The maximum Gasteiger partial charge on any atom is 0.141 e. The molecule has 124 valence electrons. The third-order valence-corrected chi connectivity index (χ3v) is 4.79. The number of H-pyrrole nitrogens is 1. The molecular formula is C17H18ClN5O. The van der Waals surface area contributed by atoms with Crippen molar-refractivity contribution >= 4 is 22.5 Å². The predicted octanol–water partition coefficient (Wildman–Crippen LogP) is 2.97. The van der Waals surface area contributed by atoms with E-state index in [4.69, 9.17) is 16.3 Å². The van der Waals surface area contributed by atoms with Crippen LogP contribution in [0.15, 0.2) is 36.8 Å². The van der Waals surface area contributed by atoms with Gasteiger partial charge >= 0.3 is 0 Å². The van der Waals surface area contributed by atoms with E-state index in [0.29, 0.717) is 0 Å². The molecule has 3 aromatic rings. The first-order valence-corrected chi connectivity index (χ1v) is 8.27. The number of aromatic amines is 1. The van der Waals surface area contributed by atoms with Gasteiger partial charge in [-0.25, -0.2) is 4.98 Å². The van der Waals surface area contributed by atoms with E-state index in [1.807, 2.05) is 30.5 Å². The number of rotatable bonds is 4. The summed E-state index contributed by atoms with van der Waals surface area (Å²) in [5.41, 5.74) is 2.10. The molecule has 0 bridgehead atoms. The average molecular weight is 344 g/mol. The molecule has 1 N–H and O–H groups in total. The molecule has 4 rings (SSSR count). The van der Waals surface area contributed by atoms with Gasteiger partial charge < -0.3 is 4.74 Å². The molecule has 6 nitrogen and oxygen atoms in total. The van der Waals surface area contributed by atoms with Crippen molar-refractivity contribution in [2.24, 2.45) is 0 Å². The van der Waals surface area contributed by atoms with Gasteiger partial charge in [0.15, 0.2) is 0 Å². The number of benzene rings is 1. The Balaban J connectivity index is 1.68. The lowest BCUT2D eigenvalue weighted by Crippen LogP contribution is -2.25. The molecule has 1 aliphatic rings. The molecule has 0 aliphatic carbocycles. The number of halogens is 1. The Hall–Kier alpha value is -2.02. The number of pyridine rings is 1. The smallest absolute Gasteiger partial charge is 0.141 e. The highest BCUT2D eigenvalue weighted by Crippen LogP contribution is 2.34. The summed E-state index contributed by atoms with van der Waals surface area (Å²) >= 11 is 6.30. The van der Waals surface area contributed by atoms with Gasteiger partial charge in [0.1, 0.15) is 12.2 Å². The Morgan fingerprint density at radius 3 is 3.08 bits per heavy atom. The summed E-state index contributed by atoms with van der Waals surface area (Å²) in [5.74, 6) is 0.869. The van der Waals surface area contributed by atoms with Crippen molar-refractivity contribution in [2.75, 3.05) is 13.7 Å². The van der Waals surface area contributed by atoms with Crippen LogP contribution in [0.5, 0.6) is 0 Å². The molecule has 0 spiro atoms. The Morgan fingerprint density at radius 1 is 1.38 bits per heavy atom. The number of hydrogen-bond acceptors (Lipinski definition) is 5. The van der Waals surface area contributed by atoms with E-state index in [-0.39, 0.29) is 12.1 Å². The van der Waals surface area contributed by atoms with Gasteiger partial charge in [0.25, 0.3) is 0 Å². The lowest BCUT2D eigenvalue weighted by atomic mass is 10.1. The zero-order chi connectivity index (χ0) is 16.5. The first kappa shape index (κ1) is 15.5. The molecule has 0 saturated carbocycles. The fraction of sp³-hybridized carbons (Fsp3) is 0.353. The quantitative estimate of drug-likeness (QED) is 0.788. The number of methoxy groups -OCH3 is 1. The second-order valence-electron chi connectivity index (χ2n) is 6.05. The normalized spacial score (nSPS) is 21.6. The number of ether oxygens (including phenoxy) is 1. The molecule has 7 heteroatoms. The van der Waals surface area contributed by atoms with Crippen molar-refractivity contribution in [1.29, 1.82) is 0 Å². The minimum atomic E-state index is 0.148. The maximum absolute atomic E-state index is 6.30. The average Bonchev–Trinajstić information content (AvgIpc) is 3.23. The molecule has 1 aliphatic heterocycles. The minimum absolute atomic E-state index is 0.148. The molecule has 0 unspecified atom stereocenters. The van der Waals surface area contributed by atoms with Gasteiger partial charge in [-0.2, -0.15) is 5.10 Å². The second-order valence-corrected chi connectivity index (χ2v) is 6.49. The van der Waals surface area contributed by atoms with E-state index < -0.39 is 0 Å². The Labute approximate surface area is 144 Å². The van der Waals surface area contributed by atoms with Gasteiger partial charge in [-0.3, -0.25) is 15.0 Å². The summed E-state index contributed by atoms with van der Waals surface area (Å²) in [6.07, 6.45) is 4.43. The van der Waals surface area contributed by atoms with Crippen LogP contribution in [0.4, 0.5) is 0 Å². The van der Waals surface area contributed by atoms with Crippen molar-refractivity contribution in [1.82, 2.24) is 25.1 Å². The molecule has 3 heterocycles. The van der Waals surface area contributed by atoms with Crippen LogP contribution in [0.1, 0.15) is 23.9 Å². The van der Waals surface area contributed by atoms with Gasteiger partial charge in [0.2, 0.25) is 0 Å². The van der Waals surface area contributed by atoms with Crippen LogP contribution in [-0.4, -0.2) is 44.8 Å². The summed E-state index contributed by atoms with van der Waals surface area (Å²) in [4.78, 5) is 11.2. The van der Waals surface area contributed by atoms with Crippen LogP contribution in [0, 0.1) is 0 Å². The molecule has 1 aromatic carbocycles. The van der Waals surface area contributed by atoms with Crippen LogP contribution >= 0.6 is 11.6 Å². The third-order valence-electron chi connectivity index (χ3n) is 4.57. The molecule has 2 aromatic heterocycles. The standard InChI is InChI=1S/C17H18ClN5O/c1-24-14-7-15(17-20-10-21-22-17)23(9-14)8-12-6-13(18)5-11-3-2-4-19-16(11)12/h2-6,10,14-15H,7-9H2,1H3,(H,20,21,22)/t14-,15+/m1/s1. The topological polar surface area (TPSA) is 66.9 Å². The first-order chi connectivity index (χ1) is 11.7. The number of nitrogens with one attached hydrogen (secondary N) is 1. The Bertz CT molecular complexity index is 838. The zero-order valence-corrected chi connectivity index (χ0v) is 14.1. The number of likely N-dealkylation sites (tertiary alicyclic amines) is 1. The van der Waals surface area contributed by atoms with Crippen LogP contribution in [-0.2, 0) is 11.3 Å². The van der Waals surface area contributed by atoms with Crippen molar-refractivity contribution in [3.8, 4) is 0 Å². The fourth-order valence-corrected chi connectivity index (χ4v) is 3.68. The SMILES string of the molecule is CO[C@@H]1C[C@@H](c2ncn[nH]2)N(Cc2cc(Cl)cc3cccnc23)C1. The van der Waals surface area contributed by atoms with E-state index in [2.05, 4.69) is 25.1 Å². The van der Waals surface area contributed by atoms with Crippen molar-refractivity contribution in [2.45, 2.75) is 25.1 Å². The monoisotopic (exact) mass is 343 g/mol. The van der Waals surface area contributed by atoms with Crippen LogP contribution in [0.3, 0.4) is 0 Å². The first-order valence-electron chi connectivity index (χ1n) is 7.90. The van der Waals surface area contributed by atoms with Crippen molar-refractivity contribution in [3.63, 3.8) is 0 Å². The van der Waals surface area contributed by atoms with E-state index >= 15 is 0 Å². The molecule has 0 radical (unpaired) electrons. The maximum atomic E-state index is 6.30. The molecule has 0 amide bonds. The molecule has 2 atom stereocenters. The van der Waals surface area contributed by atoms with Gasteiger partial charge in [0.05, 0.1) is 17.7 Å². The van der Waals surface area contributed by atoms with Crippen molar-refractivity contribution in [3.05, 3.63) is 53.2 Å². The van der Waals surface area contributed by atoms with E-state index in [1.54, 1.807) is 13.4 Å². The summed E-state index contributed by atoms with van der Waals surface area (Å²) in [7, 11) is 1.75. The van der Waals surface area contributed by atoms with Crippen LogP contribution < -0.4 is 0 Å². The van der Waals surface area contributed by atoms with E-state index in [1.165, 1.54) is 0 Å². The van der Waals surface area contributed by atoms with Crippen LogP contribution in [0.2, 0.25) is 5.02 Å². The lowest BCUT2D eigenvalue weighted by Gasteiger charge is -2.23. The van der Waals surface area contributed by atoms with Gasteiger partial charge in [-0.15, -0.1) is 0 Å². The molecule has 24 heavy (non-hydrogen) atoms. The zero-order valence-electron chi connectivity index (χ0n) is 13.3. The third kappa shape index (κ3) is 2.88. The van der Waals surface area contributed by atoms with E-state index in [0.717, 1.165) is 46.8 Å². The molecule has 1 saturated heterocycles. The van der Waals surface area contributed by atoms with E-state index in [9.17, 15) is 0 Å². The highest BCUT2D eigenvalue weighted by Gasteiger charge is 2.35. The highest BCUT2D eigenvalue weighted by atomic mass is 35.5. The largest absolute Gasteiger partial charge is 0.380 e. The summed E-state index contributed by atoms with van der Waals surface area (Å²) < 4.78 is 5.57. The minimum Gasteiger partial charge on any atom is -0.380 e. The summed E-state index contributed by atoms with van der Waals surface area (Å²) in [6.45, 7) is 1.57. The number of hydrogen-bond donors (Lipinski definition) is 1. The van der Waals surface area contributed by atoms with Crippen molar-refractivity contribution < 1.29 is 4.74 Å². The number of fused-ring (bicyclic) bond motifs is 1. The second kappa shape index (κ2) is 6.47. The molecule has 1 fully saturated rings. The van der Waals surface area contributed by atoms with Gasteiger partial charge in [-0.05, 0) is 30.2 Å². The molecular weight excluding hydrogens is 326 g/mol. The Morgan fingerprint density at radius 2 is 2.29 bits per heavy atom. The summed E-state index contributed by atoms with van der Waals surface area (Å²) in [5, 5.41) is 8.75. The Kier molecular flexibility index (Phi) is 4.18. The lowest BCUT2D eigenvalue weighted by molar-refractivity contribution is 0.107. The fourth-order valence-electron chi connectivity index (χ4n) is 3.43.